The summed E-state index contributed by atoms with van der Waals surface area (Å²) < 4.78 is 69.9. The Morgan fingerprint density at radius 3 is 2.45 bits per heavy atom. The van der Waals surface area contributed by atoms with Crippen molar-refractivity contribution in [3.8, 4) is 11.1 Å². The van der Waals surface area contributed by atoms with E-state index in [4.69, 9.17) is 9.56 Å². The molecule has 0 saturated carbocycles. The number of halogens is 1. The van der Waals surface area contributed by atoms with Crippen LogP contribution >= 0.6 is 0 Å². The highest BCUT2D eigenvalue weighted by Gasteiger charge is 2.22. The molecule has 2 aromatic heterocycles. The summed E-state index contributed by atoms with van der Waals surface area (Å²) in [5, 5.41) is 5.57. The summed E-state index contributed by atoms with van der Waals surface area (Å²) in [4.78, 5) is 4.18. The molecule has 0 unspecified atom stereocenters. The van der Waals surface area contributed by atoms with Crippen molar-refractivity contribution in [1.82, 2.24) is 8.96 Å². The van der Waals surface area contributed by atoms with Crippen LogP contribution in [0, 0.1) is 5.82 Å². The Bertz CT molecular complexity index is 1740. The van der Waals surface area contributed by atoms with Crippen LogP contribution in [0.2, 0.25) is 0 Å². The van der Waals surface area contributed by atoms with Crippen molar-refractivity contribution < 1.29 is 25.6 Å². The first-order chi connectivity index (χ1) is 15.6. The fourth-order valence-corrected chi connectivity index (χ4v) is 5.53. The van der Waals surface area contributed by atoms with Crippen LogP contribution in [0.15, 0.2) is 82.2 Å². The average Bonchev–Trinajstić information content (AvgIpc) is 3.33. The molecule has 11 heteroatoms. The maximum Gasteiger partial charge on any atom is 0.268 e. The third-order valence-corrected chi connectivity index (χ3v) is 7.44. The Balaban J connectivity index is 1.70. The topological polar surface area (TPSA) is 125 Å². The molecule has 0 aliphatic heterocycles. The zero-order valence-electron chi connectivity index (χ0n) is 16.8. The molecule has 33 heavy (non-hydrogen) atoms. The van der Waals surface area contributed by atoms with Gasteiger partial charge in [0.1, 0.15) is 17.1 Å². The molecule has 0 radical (unpaired) electrons. The standard InChI is InChI=1S/C22H16FN3O5S2/c23-15-7-8-17-18(12-26(20(17)11-15)33(29,30)16-4-2-1-3-5-16)14-6-9-19-21(10-14)31-22(25-19)13-32(24,27)28/h1-12H,13H2,(H2,24,27,28). The zero-order valence-corrected chi connectivity index (χ0v) is 18.5. The van der Waals surface area contributed by atoms with E-state index < -0.39 is 31.6 Å². The van der Waals surface area contributed by atoms with Crippen LogP contribution in [0.3, 0.4) is 0 Å². The molecule has 0 aliphatic rings. The number of sulfonamides is 1. The number of oxazole rings is 1. The smallest absolute Gasteiger partial charge is 0.268 e. The van der Waals surface area contributed by atoms with E-state index in [1.807, 2.05) is 0 Å². The van der Waals surface area contributed by atoms with Gasteiger partial charge < -0.3 is 4.42 Å². The summed E-state index contributed by atoms with van der Waals surface area (Å²) in [5.74, 6) is -1.18. The highest BCUT2D eigenvalue weighted by atomic mass is 32.2. The third-order valence-electron chi connectivity index (χ3n) is 5.10. The monoisotopic (exact) mass is 485 g/mol. The number of primary sulfonamides is 1. The molecule has 3 aromatic carbocycles. The van der Waals surface area contributed by atoms with E-state index in [2.05, 4.69) is 4.98 Å². The molecule has 0 atom stereocenters. The van der Waals surface area contributed by atoms with Gasteiger partial charge in [0.05, 0.1) is 10.4 Å². The first-order valence-electron chi connectivity index (χ1n) is 9.63. The van der Waals surface area contributed by atoms with Gasteiger partial charge in [0.2, 0.25) is 15.9 Å². The second kappa shape index (κ2) is 7.51. The summed E-state index contributed by atoms with van der Waals surface area (Å²) in [6.07, 6.45) is 1.43. The van der Waals surface area contributed by atoms with Crippen molar-refractivity contribution in [3.63, 3.8) is 0 Å². The number of hydrogen-bond donors (Lipinski definition) is 1. The van der Waals surface area contributed by atoms with Gasteiger partial charge in [0.25, 0.3) is 10.0 Å². The normalized spacial score (nSPS) is 12.5. The highest BCUT2D eigenvalue weighted by Crippen LogP contribution is 2.35. The average molecular weight is 486 g/mol. The van der Waals surface area contributed by atoms with E-state index in [0.29, 0.717) is 27.6 Å². The number of nitrogens with two attached hydrogens (primary N) is 1. The van der Waals surface area contributed by atoms with Crippen LogP contribution in [0.1, 0.15) is 5.89 Å². The van der Waals surface area contributed by atoms with E-state index >= 15 is 0 Å². The van der Waals surface area contributed by atoms with E-state index in [1.165, 1.54) is 30.5 Å². The summed E-state index contributed by atoms with van der Waals surface area (Å²) >= 11 is 0. The Morgan fingerprint density at radius 2 is 1.73 bits per heavy atom. The van der Waals surface area contributed by atoms with Gasteiger partial charge >= 0.3 is 0 Å². The van der Waals surface area contributed by atoms with E-state index in [1.54, 1.807) is 36.4 Å². The summed E-state index contributed by atoms with van der Waals surface area (Å²) in [6.45, 7) is 0. The maximum atomic E-state index is 14.1. The fourth-order valence-electron chi connectivity index (χ4n) is 3.68. The molecule has 0 spiro atoms. The van der Waals surface area contributed by atoms with Crippen LogP contribution in [0.25, 0.3) is 33.1 Å². The second-order valence-corrected chi connectivity index (χ2v) is 10.8. The molecule has 0 bridgehead atoms. The predicted molar refractivity (Wildman–Crippen MR) is 121 cm³/mol. The minimum Gasteiger partial charge on any atom is -0.440 e. The van der Waals surface area contributed by atoms with Gasteiger partial charge in [-0.3, -0.25) is 0 Å². The summed E-state index contributed by atoms with van der Waals surface area (Å²) in [5.41, 5.74) is 2.01. The van der Waals surface area contributed by atoms with Crippen molar-refractivity contribution in [2.75, 3.05) is 0 Å². The highest BCUT2D eigenvalue weighted by molar-refractivity contribution is 7.90. The maximum absolute atomic E-state index is 14.1. The lowest BCUT2D eigenvalue weighted by Crippen LogP contribution is -2.14. The quantitative estimate of drug-likeness (QED) is 0.405. The van der Waals surface area contributed by atoms with Crippen molar-refractivity contribution >= 4 is 42.0 Å². The molecule has 0 fully saturated rings. The van der Waals surface area contributed by atoms with Gasteiger partial charge in [-0.2, -0.15) is 0 Å². The number of benzene rings is 3. The van der Waals surface area contributed by atoms with E-state index in [-0.39, 0.29) is 16.3 Å². The molecule has 168 valence electrons. The number of aromatic nitrogens is 2. The molecule has 5 aromatic rings. The largest absolute Gasteiger partial charge is 0.440 e. The summed E-state index contributed by atoms with van der Waals surface area (Å²) in [6, 6.07) is 16.7. The van der Waals surface area contributed by atoms with Gasteiger partial charge in [0.15, 0.2) is 5.58 Å². The molecule has 2 heterocycles. The van der Waals surface area contributed by atoms with Gasteiger partial charge in [-0.05, 0) is 48.0 Å². The fraction of sp³-hybridized carbons (Fsp3) is 0.0455. The lowest BCUT2D eigenvalue weighted by molar-refractivity contribution is 0.540. The first-order valence-corrected chi connectivity index (χ1v) is 12.8. The van der Waals surface area contributed by atoms with Crippen molar-refractivity contribution in [2.24, 2.45) is 5.14 Å². The summed E-state index contributed by atoms with van der Waals surface area (Å²) in [7, 11) is -7.82. The molecule has 0 aliphatic carbocycles. The Morgan fingerprint density at radius 1 is 0.970 bits per heavy atom. The predicted octanol–water partition coefficient (Wildman–Crippen LogP) is 3.61. The van der Waals surface area contributed by atoms with Crippen LogP contribution in [-0.4, -0.2) is 25.8 Å². The third kappa shape index (κ3) is 3.90. The minimum atomic E-state index is -3.99. The molecule has 5 rings (SSSR count). The molecule has 2 N–H and O–H groups in total. The number of rotatable bonds is 5. The van der Waals surface area contributed by atoms with E-state index in [0.717, 1.165) is 10.0 Å². The van der Waals surface area contributed by atoms with Gasteiger partial charge in [-0.25, -0.2) is 35.3 Å². The Kier molecular flexibility index (Phi) is 4.85. The van der Waals surface area contributed by atoms with Gasteiger partial charge in [-0.1, -0.05) is 24.3 Å². The van der Waals surface area contributed by atoms with Crippen molar-refractivity contribution in [3.05, 3.63) is 84.6 Å². The first kappa shape index (κ1) is 21.3. The van der Waals surface area contributed by atoms with Gasteiger partial charge in [-0.15, -0.1) is 0 Å². The zero-order chi connectivity index (χ0) is 23.4. The SMILES string of the molecule is NS(=O)(=O)Cc1nc2ccc(-c3cn(S(=O)(=O)c4ccccc4)c4cc(F)ccc34)cc2o1. The lowest BCUT2D eigenvalue weighted by Gasteiger charge is -2.07. The van der Waals surface area contributed by atoms with E-state index in [9.17, 15) is 21.2 Å². The van der Waals surface area contributed by atoms with Crippen molar-refractivity contribution in [1.29, 1.82) is 0 Å². The Labute approximate surface area is 188 Å². The lowest BCUT2D eigenvalue weighted by atomic mass is 10.0. The van der Waals surface area contributed by atoms with Crippen LogP contribution < -0.4 is 5.14 Å². The number of nitrogens with zero attached hydrogens (tertiary/aromatic N) is 2. The Hall–Kier alpha value is -3.54. The molecular formula is C22H16FN3O5S2. The number of fused-ring (bicyclic) bond motifs is 2. The number of hydrogen-bond acceptors (Lipinski definition) is 6. The van der Waals surface area contributed by atoms with Gasteiger partial charge in [0, 0.05) is 17.1 Å². The molecular weight excluding hydrogens is 469 g/mol. The van der Waals surface area contributed by atoms with Crippen LogP contribution in [0.5, 0.6) is 0 Å². The molecule has 8 nitrogen and oxygen atoms in total. The molecule has 0 amide bonds. The van der Waals surface area contributed by atoms with Crippen LogP contribution in [0.4, 0.5) is 4.39 Å². The molecule has 0 saturated heterocycles. The minimum absolute atomic E-state index is 0.0548. The van der Waals surface area contributed by atoms with Crippen LogP contribution in [-0.2, 0) is 25.8 Å². The van der Waals surface area contributed by atoms with Crippen molar-refractivity contribution in [2.45, 2.75) is 10.6 Å². The second-order valence-electron chi connectivity index (χ2n) is 7.42.